The number of amides is 1. The Kier molecular flexibility index (Phi) is 5.29. The number of carboxylic acids is 1. The van der Waals surface area contributed by atoms with E-state index in [2.05, 4.69) is 10.3 Å². The smallest absolute Gasteiger partial charge is 0.394 e. The van der Waals surface area contributed by atoms with E-state index >= 15 is 0 Å². The number of ether oxygens (including phenoxy) is 1. The van der Waals surface area contributed by atoms with Gasteiger partial charge in [0, 0.05) is 17.8 Å². The molecule has 1 aliphatic heterocycles. The van der Waals surface area contributed by atoms with Crippen LogP contribution in [0.3, 0.4) is 0 Å². The molecule has 31 heavy (non-hydrogen) atoms. The van der Waals surface area contributed by atoms with Crippen molar-refractivity contribution in [1.29, 1.82) is 0 Å². The van der Waals surface area contributed by atoms with E-state index in [9.17, 15) is 14.4 Å². The van der Waals surface area contributed by atoms with Crippen LogP contribution in [0, 0.1) is 0 Å². The van der Waals surface area contributed by atoms with E-state index < -0.39 is 11.9 Å². The second-order valence-corrected chi connectivity index (χ2v) is 7.51. The number of carbonyl (C=O) groups excluding carboxylic acids is 1. The standard InChI is InChI=1S/C23H21N3O5/c1-13(2)31-19-6-4-3-5-14(19)11-15-9-10-26-20(15)25-18-12-16(24-21(27)23(29)30)7-8-17(18)22(26)28/h3-8,11-13H,9-10H2,1-2H3,(H,24,27)(H,29,30)/b15-11-. The van der Waals surface area contributed by atoms with Crippen LogP contribution in [0.4, 0.5) is 5.69 Å². The van der Waals surface area contributed by atoms with Crippen LogP contribution < -0.4 is 15.6 Å². The van der Waals surface area contributed by atoms with Crippen LogP contribution in [0.1, 0.15) is 31.7 Å². The van der Waals surface area contributed by atoms with Gasteiger partial charge in [-0.15, -0.1) is 0 Å². The Morgan fingerprint density at radius 2 is 2.00 bits per heavy atom. The lowest BCUT2D eigenvalue weighted by atomic mass is 10.1. The number of benzene rings is 2. The van der Waals surface area contributed by atoms with Crippen molar-refractivity contribution in [2.45, 2.75) is 32.9 Å². The molecule has 2 N–H and O–H groups in total. The normalized spacial score (nSPS) is 14.1. The Labute approximate surface area is 177 Å². The number of carboxylic acid groups (broad SMARTS) is 1. The number of allylic oxidation sites excluding steroid dienone is 1. The third kappa shape index (κ3) is 4.05. The molecule has 8 heteroatoms. The Morgan fingerprint density at radius 1 is 1.23 bits per heavy atom. The summed E-state index contributed by atoms with van der Waals surface area (Å²) < 4.78 is 7.52. The number of fused-ring (bicyclic) bond motifs is 2. The second kappa shape index (κ2) is 8.06. The lowest BCUT2D eigenvalue weighted by Gasteiger charge is -2.12. The third-order valence-corrected chi connectivity index (χ3v) is 4.91. The molecule has 1 aliphatic rings. The fraction of sp³-hybridized carbons (Fsp3) is 0.217. The molecule has 0 saturated carbocycles. The first kappa shape index (κ1) is 20.3. The summed E-state index contributed by atoms with van der Waals surface area (Å²) in [6, 6.07) is 12.2. The van der Waals surface area contributed by atoms with E-state index in [1.54, 1.807) is 10.6 Å². The fourth-order valence-corrected chi connectivity index (χ4v) is 3.57. The van der Waals surface area contributed by atoms with E-state index in [4.69, 9.17) is 9.84 Å². The summed E-state index contributed by atoms with van der Waals surface area (Å²) in [6.07, 6.45) is 2.65. The molecule has 0 spiro atoms. The van der Waals surface area contributed by atoms with E-state index in [0.717, 1.165) is 16.9 Å². The van der Waals surface area contributed by atoms with Gasteiger partial charge in [-0.25, -0.2) is 9.78 Å². The van der Waals surface area contributed by atoms with Gasteiger partial charge in [0.1, 0.15) is 11.6 Å². The Balaban J connectivity index is 1.78. The van der Waals surface area contributed by atoms with E-state index in [0.29, 0.717) is 29.7 Å². The highest BCUT2D eigenvalue weighted by molar-refractivity contribution is 6.36. The number of nitrogens with zero attached hydrogens (tertiary/aromatic N) is 2. The minimum atomic E-state index is -1.59. The molecule has 2 aromatic carbocycles. The predicted octanol–water partition coefficient (Wildman–Crippen LogP) is 3.15. The number of carbonyl (C=O) groups is 2. The number of aliphatic carboxylic acids is 1. The monoisotopic (exact) mass is 419 g/mol. The molecule has 2 heterocycles. The largest absolute Gasteiger partial charge is 0.490 e. The van der Waals surface area contributed by atoms with Crippen molar-refractivity contribution in [1.82, 2.24) is 9.55 Å². The highest BCUT2D eigenvalue weighted by atomic mass is 16.5. The zero-order valence-corrected chi connectivity index (χ0v) is 17.1. The van der Waals surface area contributed by atoms with Gasteiger partial charge in [-0.05, 0) is 56.2 Å². The lowest BCUT2D eigenvalue weighted by Crippen LogP contribution is -2.23. The van der Waals surface area contributed by atoms with Crippen molar-refractivity contribution in [3.63, 3.8) is 0 Å². The molecule has 0 fully saturated rings. The summed E-state index contributed by atoms with van der Waals surface area (Å²) in [5.74, 6) is -1.43. The Bertz CT molecular complexity index is 1290. The van der Waals surface area contributed by atoms with E-state index in [-0.39, 0.29) is 17.4 Å². The van der Waals surface area contributed by atoms with Crippen LogP contribution in [0.15, 0.2) is 47.3 Å². The number of rotatable bonds is 4. The van der Waals surface area contributed by atoms with Crippen LogP contribution in [0.25, 0.3) is 22.6 Å². The van der Waals surface area contributed by atoms with Gasteiger partial charge < -0.3 is 15.2 Å². The molecule has 158 valence electrons. The van der Waals surface area contributed by atoms with Crippen LogP contribution in [0.2, 0.25) is 0 Å². The van der Waals surface area contributed by atoms with Gasteiger partial charge in [0.2, 0.25) is 0 Å². The summed E-state index contributed by atoms with van der Waals surface area (Å²) in [6.45, 7) is 4.44. The summed E-state index contributed by atoms with van der Waals surface area (Å²) in [5.41, 5.74) is 2.27. The van der Waals surface area contributed by atoms with Crippen molar-refractivity contribution < 1.29 is 19.4 Å². The van der Waals surface area contributed by atoms with Crippen LogP contribution in [0.5, 0.6) is 5.75 Å². The van der Waals surface area contributed by atoms with E-state index in [1.165, 1.54) is 12.1 Å². The first-order valence-electron chi connectivity index (χ1n) is 9.89. The first-order chi connectivity index (χ1) is 14.8. The third-order valence-electron chi connectivity index (χ3n) is 4.91. The first-order valence-corrected chi connectivity index (χ1v) is 9.89. The molecular formula is C23H21N3O5. The predicted molar refractivity (Wildman–Crippen MR) is 117 cm³/mol. The summed E-state index contributed by atoms with van der Waals surface area (Å²) in [7, 11) is 0. The van der Waals surface area contributed by atoms with Gasteiger partial charge in [-0.1, -0.05) is 18.2 Å². The van der Waals surface area contributed by atoms with Crippen LogP contribution in [-0.4, -0.2) is 32.6 Å². The average molecular weight is 419 g/mol. The molecule has 8 nitrogen and oxygen atoms in total. The number of nitrogens with one attached hydrogen (secondary N) is 1. The molecule has 0 radical (unpaired) electrons. The molecule has 4 rings (SSSR count). The molecule has 0 atom stereocenters. The quantitative estimate of drug-likeness (QED) is 0.629. The lowest BCUT2D eigenvalue weighted by molar-refractivity contribution is -0.147. The number of hydrogen-bond donors (Lipinski definition) is 2. The van der Waals surface area contributed by atoms with Crippen LogP contribution in [-0.2, 0) is 16.1 Å². The van der Waals surface area contributed by atoms with Gasteiger partial charge in [0.25, 0.3) is 5.56 Å². The molecule has 3 aromatic rings. The molecular weight excluding hydrogens is 398 g/mol. The van der Waals surface area contributed by atoms with Gasteiger partial charge in [0.15, 0.2) is 0 Å². The van der Waals surface area contributed by atoms with Crippen LogP contribution >= 0.6 is 0 Å². The van der Waals surface area contributed by atoms with Gasteiger partial charge >= 0.3 is 11.9 Å². The van der Waals surface area contributed by atoms with Crippen molar-refractivity contribution in [2.24, 2.45) is 0 Å². The SMILES string of the molecule is CC(C)Oc1ccccc1/C=C1/CCn2c1nc1cc(NC(=O)C(=O)O)ccc1c2=O. The van der Waals surface area contributed by atoms with Gasteiger partial charge in [0.05, 0.1) is 17.0 Å². The maximum Gasteiger partial charge on any atom is 0.394 e. The summed E-state index contributed by atoms with van der Waals surface area (Å²) >= 11 is 0. The zero-order chi connectivity index (χ0) is 22.1. The molecule has 1 aromatic heterocycles. The maximum atomic E-state index is 13.0. The van der Waals surface area contributed by atoms with Gasteiger partial charge in [-0.2, -0.15) is 0 Å². The molecule has 0 saturated heterocycles. The van der Waals surface area contributed by atoms with E-state index in [1.807, 2.05) is 44.2 Å². The van der Waals surface area contributed by atoms with Crippen molar-refractivity contribution in [3.05, 3.63) is 64.2 Å². The Hall–Kier alpha value is -3.94. The second-order valence-electron chi connectivity index (χ2n) is 7.51. The molecule has 0 unspecified atom stereocenters. The van der Waals surface area contributed by atoms with Crippen molar-refractivity contribution in [2.75, 3.05) is 5.32 Å². The number of hydrogen-bond acceptors (Lipinski definition) is 5. The zero-order valence-electron chi connectivity index (χ0n) is 17.1. The van der Waals surface area contributed by atoms with Gasteiger partial charge in [-0.3, -0.25) is 14.2 Å². The minimum Gasteiger partial charge on any atom is -0.490 e. The summed E-state index contributed by atoms with van der Waals surface area (Å²) in [5, 5.41) is 11.5. The molecule has 0 bridgehead atoms. The number of anilines is 1. The molecule has 1 amide bonds. The highest BCUT2D eigenvalue weighted by Gasteiger charge is 2.22. The van der Waals surface area contributed by atoms with Crippen molar-refractivity contribution >= 4 is 40.1 Å². The number of aromatic nitrogens is 2. The average Bonchev–Trinajstić information content (AvgIpc) is 3.12. The topological polar surface area (TPSA) is 111 Å². The minimum absolute atomic E-state index is 0.0273. The Morgan fingerprint density at radius 3 is 2.74 bits per heavy atom. The highest BCUT2D eigenvalue weighted by Crippen LogP contribution is 2.31. The number of para-hydroxylation sites is 1. The summed E-state index contributed by atoms with van der Waals surface area (Å²) in [4.78, 5) is 39.8. The molecule has 0 aliphatic carbocycles. The van der Waals surface area contributed by atoms with Crippen molar-refractivity contribution in [3.8, 4) is 5.75 Å². The fourth-order valence-electron chi connectivity index (χ4n) is 3.57. The maximum absolute atomic E-state index is 13.0.